The van der Waals surface area contributed by atoms with Crippen molar-refractivity contribution in [2.75, 3.05) is 6.26 Å². The van der Waals surface area contributed by atoms with E-state index >= 15 is 4.39 Å². The molecule has 0 radical (unpaired) electrons. The van der Waals surface area contributed by atoms with Crippen molar-refractivity contribution < 1.29 is 21.6 Å². The molecule has 0 aliphatic carbocycles. The van der Waals surface area contributed by atoms with Crippen LogP contribution in [0.1, 0.15) is 5.56 Å². The number of rotatable bonds is 5. The van der Waals surface area contributed by atoms with Gasteiger partial charge in [0.1, 0.15) is 5.82 Å². The van der Waals surface area contributed by atoms with Crippen molar-refractivity contribution in [3.05, 3.63) is 84.3 Å². The number of sulfone groups is 1. The van der Waals surface area contributed by atoms with E-state index in [1.54, 1.807) is 30.3 Å². The second kappa shape index (κ2) is 8.30. The van der Waals surface area contributed by atoms with Crippen molar-refractivity contribution in [1.82, 2.24) is 4.98 Å². The van der Waals surface area contributed by atoms with Crippen LogP contribution in [-0.2, 0) is 26.7 Å². The lowest BCUT2D eigenvalue weighted by Crippen LogP contribution is -2.02. The predicted molar refractivity (Wildman–Crippen MR) is 120 cm³/mol. The third-order valence-electron chi connectivity index (χ3n) is 4.96. The Kier molecular flexibility index (Phi) is 5.70. The van der Waals surface area contributed by atoms with Crippen LogP contribution < -0.4 is 0 Å². The van der Waals surface area contributed by atoms with Crippen LogP contribution >= 0.6 is 0 Å². The number of para-hydroxylation sites is 1. The second-order valence-corrected chi connectivity index (χ2v) is 10.0. The standard InChI is InChI=1S/C23H18FNO4S2/c1-31(28,29)21-9-5-8-19-18(10-11-25-23(19)21)20-13-16(15-6-3-2-4-7-15)12-17(22(20)24)14-30(26)27/h2-13H,14H2,1H3,(H,26,27). The van der Waals surface area contributed by atoms with Gasteiger partial charge in [0.25, 0.3) is 0 Å². The van der Waals surface area contributed by atoms with Crippen LogP contribution in [-0.4, -0.2) is 28.4 Å². The summed E-state index contributed by atoms with van der Waals surface area (Å²) in [7, 11) is -3.54. The molecule has 0 aliphatic heterocycles. The Morgan fingerprint density at radius 1 is 0.968 bits per heavy atom. The fourth-order valence-electron chi connectivity index (χ4n) is 3.60. The second-order valence-electron chi connectivity index (χ2n) is 7.11. The largest absolute Gasteiger partial charge is 0.306 e. The van der Waals surface area contributed by atoms with Gasteiger partial charge in [-0.2, -0.15) is 0 Å². The highest BCUT2D eigenvalue weighted by atomic mass is 32.2. The molecule has 1 N–H and O–H groups in total. The number of hydrogen-bond donors (Lipinski definition) is 1. The number of aromatic nitrogens is 1. The van der Waals surface area contributed by atoms with Gasteiger partial charge in [0, 0.05) is 29.0 Å². The van der Waals surface area contributed by atoms with Gasteiger partial charge in [-0.15, -0.1) is 0 Å². The molecule has 0 aliphatic rings. The first-order valence-electron chi connectivity index (χ1n) is 9.29. The smallest absolute Gasteiger partial charge is 0.177 e. The molecule has 3 aromatic carbocycles. The summed E-state index contributed by atoms with van der Waals surface area (Å²) in [5.74, 6) is -0.990. The van der Waals surface area contributed by atoms with E-state index in [0.717, 1.165) is 11.8 Å². The zero-order valence-corrected chi connectivity index (χ0v) is 18.1. The molecule has 1 aromatic heterocycles. The van der Waals surface area contributed by atoms with Crippen LogP contribution in [0.5, 0.6) is 0 Å². The van der Waals surface area contributed by atoms with Crippen molar-refractivity contribution in [1.29, 1.82) is 0 Å². The SMILES string of the molecule is CS(=O)(=O)c1cccc2c(-c3cc(-c4ccccc4)cc(CS(=O)O)c3F)ccnc12. The summed E-state index contributed by atoms with van der Waals surface area (Å²) in [5.41, 5.74) is 2.52. The van der Waals surface area contributed by atoms with Crippen LogP contribution in [0, 0.1) is 5.82 Å². The molecule has 1 unspecified atom stereocenters. The average Bonchev–Trinajstić information content (AvgIpc) is 2.74. The number of hydrogen-bond acceptors (Lipinski definition) is 4. The van der Waals surface area contributed by atoms with Crippen molar-refractivity contribution in [3.63, 3.8) is 0 Å². The highest BCUT2D eigenvalue weighted by molar-refractivity contribution is 7.91. The summed E-state index contributed by atoms with van der Waals surface area (Å²) >= 11 is -2.23. The summed E-state index contributed by atoms with van der Waals surface area (Å²) < 4.78 is 60.7. The Labute approximate surface area is 181 Å². The van der Waals surface area contributed by atoms with Crippen molar-refractivity contribution in [2.24, 2.45) is 0 Å². The van der Waals surface area contributed by atoms with Gasteiger partial charge in [0.15, 0.2) is 20.9 Å². The lowest BCUT2D eigenvalue weighted by Gasteiger charge is -2.14. The summed E-state index contributed by atoms with van der Waals surface area (Å²) in [6.45, 7) is 0. The third kappa shape index (κ3) is 4.27. The van der Waals surface area contributed by atoms with Gasteiger partial charge in [-0.3, -0.25) is 4.98 Å². The molecular weight excluding hydrogens is 437 g/mol. The van der Waals surface area contributed by atoms with E-state index < -0.39 is 26.7 Å². The number of halogens is 1. The molecular formula is C23H18FNO4S2. The molecule has 4 aromatic rings. The molecule has 8 heteroatoms. The van der Waals surface area contributed by atoms with E-state index in [1.807, 2.05) is 30.3 Å². The fraction of sp³-hybridized carbons (Fsp3) is 0.0870. The quantitative estimate of drug-likeness (QED) is 0.436. The number of nitrogens with zero attached hydrogens (tertiary/aromatic N) is 1. The van der Waals surface area contributed by atoms with Crippen LogP contribution in [0.15, 0.2) is 77.8 Å². The Morgan fingerprint density at radius 2 is 1.71 bits per heavy atom. The zero-order valence-electron chi connectivity index (χ0n) is 16.4. The van der Waals surface area contributed by atoms with Crippen molar-refractivity contribution in [2.45, 2.75) is 10.6 Å². The maximum atomic E-state index is 15.5. The minimum absolute atomic E-state index is 0.0585. The van der Waals surface area contributed by atoms with E-state index in [2.05, 4.69) is 4.98 Å². The molecule has 0 saturated carbocycles. The van der Waals surface area contributed by atoms with Gasteiger partial charge in [0.05, 0.1) is 16.2 Å². The molecule has 1 atom stereocenters. The van der Waals surface area contributed by atoms with E-state index in [4.69, 9.17) is 0 Å². The minimum atomic E-state index is -3.54. The molecule has 4 rings (SSSR count). The lowest BCUT2D eigenvalue weighted by molar-refractivity contribution is 0.559. The van der Waals surface area contributed by atoms with E-state index in [0.29, 0.717) is 16.5 Å². The van der Waals surface area contributed by atoms with Gasteiger partial charge < -0.3 is 4.55 Å². The first-order valence-corrected chi connectivity index (χ1v) is 12.5. The number of benzene rings is 3. The molecule has 0 fully saturated rings. The third-order valence-corrected chi connectivity index (χ3v) is 6.64. The van der Waals surface area contributed by atoms with Crippen LogP contribution in [0.25, 0.3) is 33.2 Å². The normalized spacial score (nSPS) is 12.7. The molecule has 0 amide bonds. The molecule has 158 valence electrons. The highest BCUT2D eigenvalue weighted by Crippen LogP contribution is 2.36. The summed E-state index contributed by atoms with van der Waals surface area (Å²) in [5, 5.41) is 0.477. The Bertz CT molecular complexity index is 1420. The first kappa shape index (κ1) is 21.3. The van der Waals surface area contributed by atoms with E-state index in [-0.39, 0.29) is 27.3 Å². The molecule has 5 nitrogen and oxygen atoms in total. The van der Waals surface area contributed by atoms with Gasteiger partial charge in [-0.25, -0.2) is 17.0 Å². The molecule has 31 heavy (non-hydrogen) atoms. The number of fused-ring (bicyclic) bond motifs is 1. The molecule has 0 bridgehead atoms. The fourth-order valence-corrected chi connectivity index (χ4v) is 4.91. The maximum Gasteiger partial charge on any atom is 0.177 e. The van der Waals surface area contributed by atoms with Gasteiger partial charge in [0.2, 0.25) is 0 Å². The Balaban J connectivity index is 2.04. The Morgan fingerprint density at radius 3 is 2.39 bits per heavy atom. The topological polar surface area (TPSA) is 84.3 Å². The Hall–Kier alpha value is -2.94. The maximum absolute atomic E-state index is 15.5. The van der Waals surface area contributed by atoms with Crippen molar-refractivity contribution >= 4 is 31.8 Å². The molecule has 0 spiro atoms. The highest BCUT2D eigenvalue weighted by Gasteiger charge is 2.19. The van der Waals surface area contributed by atoms with Gasteiger partial charge in [-0.05, 0) is 41.0 Å². The van der Waals surface area contributed by atoms with Gasteiger partial charge in [-0.1, -0.05) is 42.5 Å². The van der Waals surface area contributed by atoms with Crippen LogP contribution in [0.3, 0.4) is 0 Å². The van der Waals surface area contributed by atoms with Gasteiger partial charge >= 0.3 is 0 Å². The average molecular weight is 456 g/mol. The number of pyridine rings is 1. The van der Waals surface area contributed by atoms with E-state index in [1.165, 1.54) is 12.3 Å². The lowest BCUT2D eigenvalue weighted by atomic mass is 9.94. The monoisotopic (exact) mass is 455 g/mol. The first-order chi connectivity index (χ1) is 14.8. The minimum Gasteiger partial charge on any atom is -0.306 e. The van der Waals surface area contributed by atoms with Crippen LogP contribution in [0.2, 0.25) is 0 Å². The van der Waals surface area contributed by atoms with E-state index in [9.17, 15) is 17.2 Å². The summed E-state index contributed by atoms with van der Waals surface area (Å²) in [6.07, 6.45) is 2.53. The summed E-state index contributed by atoms with van der Waals surface area (Å²) in [6, 6.07) is 18.9. The molecule has 1 heterocycles. The van der Waals surface area contributed by atoms with Crippen molar-refractivity contribution in [3.8, 4) is 22.3 Å². The van der Waals surface area contributed by atoms with Crippen LogP contribution in [0.4, 0.5) is 4.39 Å². The predicted octanol–water partition coefficient (Wildman–Crippen LogP) is 4.83. The zero-order chi connectivity index (χ0) is 22.2. The summed E-state index contributed by atoms with van der Waals surface area (Å²) in [4.78, 5) is 4.28. The molecule has 0 saturated heterocycles.